The highest BCUT2D eigenvalue weighted by Crippen LogP contribution is 2.20. The van der Waals surface area contributed by atoms with Crippen LogP contribution in [-0.4, -0.2) is 22.6 Å². The van der Waals surface area contributed by atoms with Crippen molar-refractivity contribution in [2.45, 2.75) is 26.1 Å². The van der Waals surface area contributed by atoms with Crippen LogP contribution in [0.3, 0.4) is 0 Å². The minimum atomic E-state index is -0.761. The summed E-state index contributed by atoms with van der Waals surface area (Å²) in [6.07, 6.45) is 0. The van der Waals surface area contributed by atoms with Gasteiger partial charge >= 0.3 is 0 Å². The molecule has 1 aromatic carbocycles. The van der Waals surface area contributed by atoms with Crippen molar-refractivity contribution < 1.29 is 9.23 Å². The van der Waals surface area contributed by atoms with Gasteiger partial charge in [-0.25, -0.2) is 9.38 Å². The summed E-state index contributed by atoms with van der Waals surface area (Å²) in [5.41, 5.74) is 11.2. The predicted octanol–water partition coefficient (Wildman–Crippen LogP) is 0.938. The fourth-order valence-corrected chi connectivity index (χ4v) is 1.78. The number of rotatable bonds is 3. The fraction of sp³-hybridized carbons (Fsp3) is 0.333. The van der Waals surface area contributed by atoms with E-state index >= 15 is 0 Å². The lowest BCUT2D eigenvalue weighted by Crippen LogP contribution is -2.53. The standard InChI is InChI=1S/C12H16FN5O/c1-12(2)17-10(14)16-11(15)18(12)19-7-8-4-3-5-9(13)6-8/h3-6H,7H2,1-2H3,(H4,14,15,16,17). The summed E-state index contributed by atoms with van der Waals surface area (Å²) < 4.78 is 13.1. The highest BCUT2D eigenvalue weighted by molar-refractivity contribution is 5.95. The molecule has 4 N–H and O–H groups in total. The summed E-state index contributed by atoms with van der Waals surface area (Å²) in [7, 11) is 0. The van der Waals surface area contributed by atoms with E-state index in [1.807, 2.05) is 0 Å². The minimum absolute atomic E-state index is 0.105. The molecule has 0 aromatic heterocycles. The van der Waals surface area contributed by atoms with Crippen molar-refractivity contribution in [1.29, 1.82) is 0 Å². The van der Waals surface area contributed by atoms with E-state index in [1.165, 1.54) is 17.2 Å². The number of nitrogens with zero attached hydrogens (tertiary/aromatic N) is 3. The average Bonchev–Trinajstić information content (AvgIpc) is 2.26. The van der Waals surface area contributed by atoms with Crippen LogP contribution in [-0.2, 0) is 11.4 Å². The largest absolute Gasteiger partial charge is 0.368 e. The van der Waals surface area contributed by atoms with Crippen molar-refractivity contribution in [2.75, 3.05) is 0 Å². The smallest absolute Gasteiger partial charge is 0.226 e. The number of nitrogens with two attached hydrogens (primary N) is 2. The summed E-state index contributed by atoms with van der Waals surface area (Å²) in [5.74, 6) is -0.0927. The topological polar surface area (TPSA) is 89.2 Å². The molecule has 0 unspecified atom stereocenters. The fourth-order valence-electron chi connectivity index (χ4n) is 1.78. The number of benzene rings is 1. The van der Waals surface area contributed by atoms with Crippen LogP contribution in [0.1, 0.15) is 19.4 Å². The molecule has 0 atom stereocenters. The Labute approximate surface area is 110 Å². The Kier molecular flexibility index (Phi) is 3.39. The first-order chi connectivity index (χ1) is 8.88. The zero-order valence-corrected chi connectivity index (χ0v) is 10.8. The van der Waals surface area contributed by atoms with Crippen molar-refractivity contribution in [2.24, 2.45) is 21.5 Å². The molecule has 1 aliphatic heterocycles. The molecule has 7 heteroatoms. The molecule has 102 valence electrons. The molecule has 0 bridgehead atoms. The van der Waals surface area contributed by atoms with Gasteiger partial charge in [-0.1, -0.05) is 12.1 Å². The van der Waals surface area contributed by atoms with Gasteiger partial charge in [0, 0.05) is 0 Å². The van der Waals surface area contributed by atoms with E-state index in [0.29, 0.717) is 5.56 Å². The SMILES string of the molecule is CC1(C)N=C(N)N=C(N)N1OCc1cccc(F)c1. The van der Waals surface area contributed by atoms with E-state index in [1.54, 1.807) is 26.0 Å². The van der Waals surface area contributed by atoms with Gasteiger partial charge in [-0.15, -0.1) is 0 Å². The summed E-state index contributed by atoms with van der Waals surface area (Å²) in [5, 5.41) is 1.36. The van der Waals surface area contributed by atoms with Gasteiger partial charge in [-0.3, -0.25) is 4.84 Å². The molecule has 1 aromatic rings. The molecule has 0 aliphatic carbocycles. The lowest BCUT2D eigenvalue weighted by molar-refractivity contribution is -0.166. The Morgan fingerprint density at radius 2 is 2.11 bits per heavy atom. The second-order valence-electron chi connectivity index (χ2n) is 4.63. The Morgan fingerprint density at radius 1 is 1.37 bits per heavy atom. The quantitative estimate of drug-likeness (QED) is 0.851. The van der Waals surface area contributed by atoms with Gasteiger partial charge in [0.05, 0.1) is 0 Å². The first-order valence-corrected chi connectivity index (χ1v) is 5.75. The molecule has 19 heavy (non-hydrogen) atoms. The normalized spacial score (nSPS) is 17.9. The van der Waals surface area contributed by atoms with Crippen molar-refractivity contribution in [3.63, 3.8) is 0 Å². The van der Waals surface area contributed by atoms with Crippen molar-refractivity contribution in [3.8, 4) is 0 Å². The molecule has 0 fully saturated rings. The molecule has 0 radical (unpaired) electrons. The van der Waals surface area contributed by atoms with E-state index in [2.05, 4.69) is 9.98 Å². The third-order valence-electron chi connectivity index (χ3n) is 2.57. The van der Waals surface area contributed by atoms with Crippen molar-refractivity contribution in [3.05, 3.63) is 35.6 Å². The number of guanidine groups is 2. The highest BCUT2D eigenvalue weighted by atomic mass is 19.1. The van der Waals surface area contributed by atoms with Crippen LogP contribution in [0.4, 0.5) is 4.39 Å². The molecule has 0 amide bonds. The zero-order valence-electron chi connectivity index (χ0n) is 10.8. The second kappa shape index (κ2) is 4.85. The Hall–Kier alpha value is -2.15. The Morgan fingerprint density at radius 3 is 2.74 bits per heavy atom. The molecule has 2 rings (SSSR count). The summed E-state index contributed by atoms with van der Waals surface area (Å²) in [6, 6.07) is 6.13. The Balaban J connectivity index is 2.09. The molecule has 6 nitrogen and oxygen atoms in total. The number of hydroxylamine groups is 2. The lowest BCUT2D eigenvalue weighted by Gasteiger charge is -2.36. The van der Waals surface area contributed by atoms with Gasteiger partial charge in [0.25, 0.3) is 0 Å². The molecule has 0 saturated heterocycles. The van der Waals surface area contributed by atoms with Crippen molar-refractivity contribution in [1.82, 2.24) is 5.06 Å². The lowest BCUT2D eigenvalue weighted by atomic mass is 10.2. The second-order valence-corrected chi connectivity index (χ2v) is 4.63. The molecular weight excluding hydrogens is 249 g/mol. The van der Waals surface area contributed by atoms with E-state index in [-0.39, 0.29) is 24.3 Å². The van der Waals surface area contributed by atoms with Gasteiger partial charge < -0.3 is 11.5 Å². The summed E-state index contributed by atoms with van der Waals surface area (Å²) >= 11 is 0. The number of hydrogen-bond acceptors (Lipinski definition) is 6. The van der Waals surface area contributed by atoms with Crippen LogP contribution in [0.2, 0.25) is 0 Å². The number of aliphatic imine (C=N–C) groups is 2. The van der Waals surface area contributed by atoms with Crippen LogP contribution in [0.15, 0.2) is 34.3 Å². The van der Waals surface area contributed by atoms with Gasteiger partial charge in [0.15, 0.2) is 5.66 Å². The molecule has 0 saturated carbocycles. The van der Waals surface area contributed by atoms with Gasteiger partial charge in [-0.05, 0) is 31.5 Å². The monoisotopic (exact) mass is 265 g/mol. The van der Waals surface area contributed by atoms with Crippen molar-refractivity contribution >= 4 is 11.9 Å². The minimum Gasteiger partial charge on any atom is -0.368 e. The third kappa shape index (κ3) is 3.00. The van der Waals surface area contributed by atoms with Crippen LogP contribution in [0.5, 0.6) is 0 Å². The zero-order chi connectivity index (χ0) is 14.0. The molecular formula is C12H16FN5O. The van der Waals surface area contributed by atoms with Gasteiger partial charge in [0.2, 0.25) is 11.9 Å². The number of hydrogen-bond donors (Lipinski definition) is 2. The van der Waals surface area contributed by atoms with E-state index in [4.69, 9.17) is 16.3 Å². The maximum Gasteiger partial charge on any atom is 0.226 e. The van der Waals surface area contributed by atoms with Crippen LogP contribution >= 0.6 is 0 Å². The van der Waals surface area contributed by atoms with E-state index < -0.39 is 5.66 Å². The first kappa shape index (κ1) is 13.3. The molecule has 1 aliphatic rings. The summed E-state index contributed by atoms with van der Waals surface area (Å²) in [6.45, 7) is 3.73. The predicted molar refractivity (Wildman–Crippen MR) is 70.4 cm³/mol. The van der Waals surface area contributed by atoms with E-state index in [9.17, 15) is 4.39 Å². The molecule has 1 heterocycles. The van der Waals surface area contributed by atoms with Crippen LogP contribution in [0, 0.1) is 5.82 Å². The maximum atomic E-state index is 13.1. The molecule has 0 spiro atoms. The van der Waals surface area contributed by atoms with Gasteiger partial charge in [-0.2, -0.15) is 10.1 Å². The van der Waals surface area contributed by atoms with Gasteiger partial charge in [0.1, 0.15) is 12.4 Å². The van der Waals surface area contributed by atoms with Crippen LogP contribution in [0.25, 0.3) is 0 Å². The average molecular weight is 265 g/mol. The Bertz CT molecular complexity index is 541. The van der Waals surface area contributed by atoms with E-state index in [0.717, 1.165) is 0 Å². The highest BCUT2D eigenvalue weighted by Gasteiger charge is 2.33. The summed E-state index contributed by atoms with van der Waals surface area (Å²) in [4.78, 5) is 13.5. The maximum absolute atomic E-state index is 13.1. The first-order valence-electron chi connectivity index (χ1n) is 5.75. The van der Waals surface area contributed by atoms with Crippen LogP contribution < -0.4 is 11.5 Å². The number of halogens is 1. The third-order valence-corrected chi connectivity index (χ3v) is 2.57.